The van der Waals surface area contributed by atoms with E-state index in [-0.39, 0.29) is 92.1 Å². The molecule has 0 radical (unpaired) electrons. The lowest BCUT2D eigenvalue weighted by Crippen LogP contribution is -2.11. The summed E-state index contributed by atoms with van der Waals surface area (Å²) in [4.78, 5) is 0. The van der Waals surface area contributed by atoms with E-state index < -0.39 is 184 Å². The molecule has 2 heterocycles. The summed E-state index contributed by atoms with van der Waals surface area (Å²) in [5.74, 6) is 0. The minimum atomic E-state index is -5.50. The lowest BCUT2D eigenvalue weighted by molar-refractivity contribution is -0.144. The molecule has 0 aliphatic heterocycles. The van der Waals surface area contributed by atoms with Crippen LogP contribution >= 0.6 is 0 Å². The molecule has 31 heteroatoms. The molecule has 10 aromatic carbocycles. The molecule has 0 atom stereocenters. The molecule has 0 aliphatic rings. The van der Waals surface area contributed by atoms with Gasteiger partial charge in [-0.3, -0.25) is 0 Å². The van der Waals surface area contributed by atoms with Gasteiger partial charge in [0.15, 0.2) is 0 Å². The minimum Gasteiger partial charge on any atom is -0.309 e. The van der Waals surface area contributed by atoms with Crippen molar-refractivity contribution < 1.29 is 119 Å². The highest BCUT2D eigenvalue weighted by Gasteiger charge is 2.43. The molecule has 12 aromatic rings. The Morgan fingerprint density at radius 2 is 0.490 bits per heavy atom. The van der Waals surface area contributed by atoms with Crippen molar-refractivity contribution >= 4 is 43.6 Å². The number of hydrogen-bond donors (Lipinski definition) is 0. The second-order valence-corrected chi connectivity index (χ2v) is 23.1. The van der Waals surface area contributed by atoms with Crippen LogP contribution in [0.3, 0.4) is 0 Å². The summed E-state index contributed by atoms with van der Waals surface area (Å²) in [5, 5.41) is 20.6. The number of halogens is 27. The molecule has 0 saturated carbocycles. The molecule has 0 amide bonds. The van der Waals surface area contributed by atoms with Crippen molar-refractivity contribution in [1.29, 1.82) is 10.5 Å². The van der Waals surface area contributed by atoms with E-state index in [0.717, 1.165) is 106 Å². The van der Waals surface area contributed by atoms with E-state index in [1.807, 2.05) is 6.07 Å². The number of nitriles is 2. The zero-order valence-electron chi connectivity index (χ0n) is 49.7. The van der Waals surface area contributed by atoms with Gasteiger partial charge in [0.1, 0.15) is 6.07 Å². The van der Waals surface area contributed by atoms with E-state index in [9.17, 15) is 116 Å². The Kier molecular flexibility index (Phi) is 16.5. The van der Waals surface area contributed by atoms with Crippen molar-refractivity contribution in [1.82, 2.24) is 9.13 Å². The van der Waals surface area contributed by atoms with Crippen LogP contribution in [0, 0.1) is 22.7 Å². The first-order valence-electron chi connectivity index (χ1n) is 28.7. The molecule has 0 bridgehead atoms. The van der Waals surface area contributed by atoms with Gasteiger partial charge in [-0.1, -0.05) is 30.3 Å². The van der Waals surface area contributed by atoms with Gasteiger partial charge in [0.25, 0.3) is 0 Å². The second-order valence-electron chi connectivity index (χ2n) is 23.1. The molecule has 0 saturated heterocycles. The maximum absolute atomic E-state index is 15.8. The number of fused-ring (bicyclic) bond motifs is 6. The third-order valence-electron chi connectivity index (χ3n) is 16.7. The zero-order chi connectivity index (χ0) is 74.5. The van der Waals surface area contributed by atoms with Gasteiger partial charge >= 0.3 is 55.6 Å². The van der Waals surface area contributed by atoms with Crippen LogP contribution in [0.2, 0.25) is 0 Å². The highest BCUT2D eigenvalue weighted by molar-refractivity contribution is 6.14. The molecule has 0 spiro atoms. The predicted molar refractivity (Wildman–Crippen MR) is 317 cm³/mol. The fourth-order valence-electron chi connectivity index (χ4n) is 12.2. The van der Waals surface area contributed by atoms with E-state index in [1.54, 1.807) is 6.07 Å². The summed E-state index contributed by atoms with van der Waals surface area (Å²) in [6, 6.07) is 20.0. The van der Waals surface area contributed by atoms with Gasteiger partial charge in [-0.15, -0.1) is 0 Å². The molecule has 0 N–H and O–H groups in total. The SMILES string of the molecule is N#Cc1cc(-n2c3ccc(-c4cc(C(F)(F)F)cc(C(F)(F)F)c4)cc3c3cc(-c4cc(C(F)(F)F)cc(C(F)(F)F)c4)ccc32)c(-c2c(C#N)cccc2C(F)(F)F)cc1-n1c2ccc(-c3cc(C(F)(F)F)cc(C(F)(F)F)c3)cc2c2cc(-c3cc(C(F)(F)F)cc(C(F)(F)F)c3)ccc21. The van der Waals surface area contributed by atoms with Gasteiger partial charge < -0.3 is 9.13 Å². The number of nitrogens with zero attached hydrogens (tertiary/aromatic N) is 4. The smallest absolute Gasteiger partial charge is 0.309 e. The van der Waals surface area contributed by atoms with Crippen molar-refractivity contribution in [3.05, 3.63) is 237 Å². The van der Waals surface area contributed by atoms with Crippen LogP contribution in [-0.4, -0.2) is 9.13 Å². The van der Waals surface area contributed by atoms with Crippen LogP contribution in [-0.2, 0) is 55.6 Å². The lowest BCUT2D eigenvalue weighted by atomic mass is 9.91. The van der Waals surface area contributed by atoms with Crippen LogP contribution in [0.4, 0.5) is 119 Å². The van der Waals surface area contributed by atoms with Crippen molar-refractivity contribution in [2.24, 2.45) is 0 Å². The quantitative estimate of drug-likeness (QED) is 0.149. The fraction of sp³-hybridized carbons (Fsp3) is 0.127. The average molecular weight is 1450 g/mol. The molecular weight excluding hydrogens is 1420 g/mol. The summed E-state index contributed by atoms with van der Waals surface area (Å²) in [6.45, 7) is 0. The fourth-order valence-corrected chi connectivity index (χ4v) is 12.2. The van der Waals surface area contributed by atoms with Gasteiger partial charge in [0.05, 0.1) is 101 Å². The largest absolute Gasteiger partial charge is 0.417 e. The predicted octanol–water partition coefficient (Wildman–Crippen LogP) is 25.1. The Morgan fingerprint density at radius 1 is 0.235 bits per heavy atom. The monoisotopic (exact) mass is 1450 g/mol. The summed E-state index contributed by atoms with van der Waals surface area (Å²) in [7, 11) is 0. The molecule has 522 valence electrons. The summed E-state index contributed by atoms with van der Waals surface area (Å²) in [5.41, 5.74) is -27.6. The van der Waals surface area contributed by atoms with E-state index in [4.69, 9.17) is 0 Å². The standard InChI is InChI=1S/C71H29F27N4/c72-63(73,74)42-12-37(13-43(25-42)64(75,76)77)32-4-8-56-50(20-32)51-21-33(38-14-44(65(78,79)80)26-45(15-38)66(81,82)83)5-9-57(51)101(56)60-29-54(62-36(30-99)2-1-3-55(62)71(96,97)98)61(24-41(60)31-100)102-58-10-6-34(39-16-46(67(84,85)86)27-47(17-39)68(87,88)89)22-52(58)53-23-35(7-11-59(53)102)40-18-48(69(90,91)92)28-49(19-40)70(93,94)95/h1-29H. The number of hydrogen-bond acceptors (Lipinski definition) is 2. The molecule has 0 unspecified atom stereocenters. The Bertz CT molecular complexity index is 5140. The lowest BCUT2D eigenvalue weighted by Gasteiger charge is -2.22. The topological polar surface area (TPSA) is 57.4 Å². The van der Waals surface area contributed by atoms with E-state index in [1.165, 1.54) is 0 Å². The average Bonchev–Trinajstić information content (AvgIpc) is 1.53. The van der Waals surface area contributed by atoms with Crippen LogP contribution in [0.1, 0.15) is 61.2 Å². The summed E-state index contributed by atoms with van der Waals surface area (Å²) in [6.07, 6.45) is -49.1. The maximum Gasteiger partial charge on any atom is 0.417 e. The summed E-state index contributed by atoms with van der Waals surface area (Å²) < 4.78 is 394. The molecule has 0 fully saturated rings. The first-order chi connectivity index (χ1) is 47.1. The Balaban J connectivity index is 1.22. The summed E-state index contributed by atoms with van der Waals surface area (Å²) >= 11 is 0. The first kappa shape index (κ1) is 70.7. The number of alkyl halides is 27. The minimum absolute atomic E-state index is 0.217. The van der Waals surface area contributed by atoms with E-state index in [0.29, 0.717) is 30.3 Å². The number of benzene rings is 10. The van der Waals surface area contributed by atoms with Gasteiger partial charge in [-0.25, -0.2) is 0 Å². The van der Waals surface area contributed by atoms with E-state index in [2.05, 4.69) is 0 Å². The van der Waals surface area contributed by atoms with Gasteiger partial charge in [0, 0.05) is 32.7 Å². The van der Waals surface area contributed by atoms with Crippen molar-refractivity contribution in [3.8, 4) is 79.1 Å². The van der Waals surface area contributed by atoms with Gasteiger partial charge in [-0.05, 0) is 190 Å². The van der Waals surface area contributed by atoms with Crippen LogP contribution in [0.15, 0.2) is 176 Å². The highest BCUT2D eigenvalue weighted by atomic mass is 19.4. The molecule has 12 rings (SSSR count). The highest BCUT2D eigenvalue weighted by Crippen LogP contribution is 2.51. The third kappa shape index (κ3) is 13.1. The van der Waals surface area contributed by atoms with Crippen LogP contribution < -0.4 is 0 Å². The Morgan fingerprint density at radius 3 is 0.725 bits per heavy atom. The molecule has 4 nitrogen and oxygen atoms in total. The normalized spacial score (nSPS) is 13.2. The van der Waals surface area contributed by atoms with Crippen LogP contribution in [0.25, 0.3) is 111 Å². The number of aromatic nitrogens is 2. The van der Waals surface area contributed by atoms with Crippen molar-refractivity contribution in [2.75, 3.05) is 0 Å². The molecule has 2 aromatic heterocycles. The Labute approximate surface area is 552 Å². The van der Waals surface area contributed by atoms with Gasteiger partial charge in [-0.2, -0.15) is 129 Å². The molecule has 0 aliphatic carbocycles. The number of rotatable bonds is 7. The van der Waals surface area contributed by atoms with Crippen molar-refractivity contribution in [3.63, 3.8) is 0 Å². The second kappa shape index (κ2) is 23.8. The van der Waals surface area contributed by atoms with Gasteiger partial charge in [0.2, 0.25) is 0 Å². The zero-order valence-corrected chi connectivity index (χ0v) is 49.7. The Hall–Kier alpha value is -11.1. The molecule has 102 heavy (non-hydrogen) atoms. The van der Waals surface area contributed by atoms with Crippen molar-refractivity contribution in [2.45, 2.75) is 55.6 Å². The van der Waals surface area contributed by atoms with Crippen LogP contribution in [0.5, 0.6) is 0 Å². The third-order valence-corrected chi connectivity index (χ3v) is 16.7. The van der Waals surface area contributed by atoms with E-state index >= 15 is 13.2 Å². The first-order valence-corrected chi connectivity index (χ1v) is 28.7. The molecular formula is C71H29F27N4. The maximum atomic E-state index is 15.8.